The van der Waals surface area contributed by atoms with E-state index >= 15 is 0 Å². The van der Waals surface area contributed by atoms with Gasteiger partial charge in [0.15, 0.2) is 0 Å². The molecule has 0 aliphatic rings. The van der Waals surface area contributed by atoms with Gasteiger partial charge < -0.3 is 0 Å². The van der Waals surface area contributed by atoms with E-state index in [4.69, 9.17) is 9.73 Å². The van der Waals surface area contributed by atoms with Crippen LogP contribution in [0.2, 0.25) is 0 Å². The first kappa shape index (κ1) is 15.6. The van der Waals surface area contributed by atoms with E-state index in [2.05, 4.69) is 0 Å². The first-order valence-corrected chi connectivity index (χ1v) is 3.05. The van der Waals surface area contributed by atoms with Crippen molar-refractivity contribution >= 4 is 46.9 Å². The summed E-state index contributed by atoms with van der Waals surface area (Å²) in [5, 5.41) is 0. The summed E-state index contributed by atoms with van der Waals surface area (Å²) in [4.78, 5) is 0. The Kier molecular flexibility index (Phi) is 77.3. The Hall–Kier alpha value is 1.73. The fourth-order valence-corrected chi connectivity index (χ4v) is 0. The molecule has 0 heterocycles. The zero-order valence-electron chi connectivity index (χ0n) is 2.93. The molecule has 3 nitrogen and oxygen atoms in total. The van der Waals surface area contributed by atoms with E-state index in [1.807, 2.05) is 0 Å². The van der Waals surface area contributed by atoms with Crippen LogP contribution < -0.4 is 0 Å². The van der Waals surface area contributed by atoms with E-state index < -0.39 is 19.1 Å². The zero-order valence-corrected chi connectivity index (χ0v) is 11.4. The third-order valence-corrected chi connectivity index (χ3v) is 0. The minimum atomic E-state index is -2.00. The molecule has 0 saturated carbocycles. The van der Waals surface area contributed by atoms with Gasteiger partial charge in [-0.15, -0.1) is 0 Å². The molecule has 6 heavy (non-hydrogen) atoms. The van der Waals surface area contributed by atoms with Gasteiger partial charge in [-0.2, -0.15) is 0 Å². The van der Waals surface area contributed by atoms with E-state index in [9.17, 15) is 0 Å². The average Bonchev–Trinajstić information content (AvgIpc) is 1.46. The Morgan fingerprint density at radius 3 is 1.17 bits per heavy atom. The molecule has 6 heteroatoms. The van der Waals surface area contributed by atoms with Gasteiger partial charge in [0.1, 0.15) is 0 Å². The standard InChI is InChI=1S/3O.Sb.Sn.Ti.3H. The van der Waals surface area contributed by atoms with E-state index in [-0.39, 0.29) is 24.4 Å². The summed E-state index contributed by atoms with van der Waals surface area (Å²) in [6.07, 6.45) is 0. The van der Waals surface area contributed by atoms with Crippen LogP contribution in [0.5, 0.6) is 0 Å². The van der Waals surface area contributed by atoms with Crippen LogP contribution in [0.4, 0.5) is 0 Å². The number of hydrogen-bond donors (Lipinski definition) is 0. The second-order valence-corrected chi connectivity index (χ2v) is 0.344. The summed E-state index contributed by atoms with van der Waals surface area (Å²) in [6, 6.07) is 0. The van der Waals surface area contributed by atoms with Crippen LogP contribution in [0.25, 0.3) is 0 Å². The molecule has 0 aliphatic carbocycles. The quantitative estimate of drug-likeness (QED) is 0.484. The topological polar surface area (TPSA) is 51.2 Å². The molecule has 0 atom stereocenters. The van der Waals surface area contributed by atoms with Gasteiger partial charge in [-0.3, -0.25) is 0 Å². The van der Waals surface area contributed by atoms with Gasteiger partial charge in [0.2, 0.25) is 0 Å². The van der Waals surface area contributed by atoms with Gasteiger partial charge in [-0.25, -0.2) is 0 Å². The molecule has 34 valence electrons. The van der Waals surface area contributed by atoms with E-state index in [1.54, 1.807) is 0 Å². The first-order valence-electron chi connectivity index (χ1n) is 0.612. The van der Waals surface area contributed by atoms with Crippen LogP contribution >= 0.6 is 0 Å². The molecule has 0 amide bonds. The molecule has 2 radical (unpaired) electrons. The molecular formula is H3O3SbSnTi. The summed E-state index contributed by atoms with van der Waals surface area (Å²) in [6.45, 7) is 0. The van der Waals surface area contributed by atoms with Gasteiger partial charge in [0.05, 0.1) is 0 Å². The van der Waals surface area contributed by atoms with Crippen LogP contribution in [-0.2, 0) is 28.8 Å². The normalized spacial score (nSPS) is 2.00. The van der Waals surface area contributed by atoms with Gasteiger partial charge >= 0.3 is 75.8 Å². The van der Waals surface area contributed by atoms with Crippen LogP contribution in [0.3, 0.4) is 0 Å². The molecule has 0 aromatic heterocycles. The Labute approximate surface area is 74.7 Å². The van der Waals surface area contributed by atoms with Crippen molar-refractivity contribution in [2.75, 3.05) is 0 Å². The summed E-state index contributed by atoms with van der Waals surface area (Å²) < 4.78 is 25.3. The van der Waals surface area contributed by atoms with Crippen LogP contribution in [0.15, 0.2) is 0 Å². The average molecular weight is 339 g/mol. The van der Waals surface area contributed by atoms with Crippen molar-refractivity contribution in [2.24, 2.45) is 0 Å². The summed E-state index contributed by atoms with van der Waals surface area (Å²) >= 11 is -1.70. The molecule has 0 rings (SSSR count). The Morgan fingerprint density at radius 2 is 1.17 bits per heavy atom. The second-order valence-electron chi connectivity index (χ2n) is 0.0833. The predicted molar refractivity (Wildman–Crippen MR) is 17.8 cm³/mol. The van der Waals surface area contributed by atoms with Gasteiger partial charge in [0.25, 0.3) is 0 Å². The Morgan fingerprint density at radius 1 is 1.17 bits per heavy atom. The Balaban J connectivity index is -0.0000000275. The van der Waals surface area contributed by atoms with Crippen LogP contribution in [-0.4, -0.2) is 46.9 Å². The van der Waals surface area contributed by atoms with Crippen molar-refractivity contribution in [2.45, 2.75) is 0 Å². The van der Waals surface area contributed by atoms with Crippen molar-refractivity contribution < 1.29 is 28.8 Å². The molecular weight excluding hydrogens is 336 g/mol. The molecule has 0 fully saturated rings. The van der Waals surface area contributed by atoms with Crippen molar-refractivity contribution in [1.82, 2.24) is 0 Å². The molecule has 0 aromatic carbocycles. The van der Waals surface area contributed by atoms with Crippen molar-refractivity contribution in [3.8, 4) is 0 Å². The minimum absolute atomic E-state index is 0. The molecule has 0 unspecified atom stereocenters. The fraction of sp³-hybridized carbons (Fsp3) is 0. The summed E-state index contributed by atoms with van der Waals surface area (Å²) in [5.41, 5.74) is 0. The van der Waals surface area contributed by atoms with Crippen molar-refractivity contribution in [3.63, 3.8) is 0 Å². The van der Waals surface area contributed by atoms with Crippen molar-refractivity contribution in [1.29, 1.82) is 0 Å². The maximum atomic E-state index is 8.50. The SMILES string of the molecule is [O]=[Sn].[O]=[Ti]=[O].[SbH3]. The number of rotatable bonds is 0. The van der Waals surface area contributed by atoms with E-state index in [0.717, 1.165) is 0 Å². The monoisotopic (exact) mass is 340 g/mol. The number of hydrogen-bond acceptors (Lipinski definition) is 3. The zero-order chi connectivity index (χ0) is 4.71. The van der Waals surface area contributed by atoms with Gasteiger partial charge in [-0.1, -0.05) is 0 Å². The third kappa shape index (κ3) is 42.8. The molecule has 0 N–H and O–H groups in total. The predicted octanol–water partition coefficient (Wildman–Crippen LogP) is -1.92. The van der Waals surface area contributed by atoms with E-state index in [0.29, 0.717) is 22.5 Å². The molecule has 0 aliphatic heterocycles. The molecule has 0 bridgehead atoms. The third-order valence-electron chi connectivity index (χ3n) is 0. The molecule has 0 saturated heterocycles. The second kappa shape index (κ2) is 29.6. The molecule has 0 spiro atoms. The first-order chi connectivity index (χ1) is 2.41. The van der Waals surface area contributed by atoms with Gasteiger partial charge in [-0.05, 0) is 0 Å². The van der Waals surface area contributed by atoms with Crippen molar-refractivity contribution in [3.05, 3.63) is 0 Å². The van der Waals surface area contributed by atoms with Crippen LogP contribution in [0, 0.1) is 0 Å². The summed E-state index contributed by atoms with van der Waals surface area (Å²) in [5.74, 6) is 0. The van der Waals surface area contributed by atoms with Crippen LogP contribution in [0.1, 0.15) is 0 Å². The Bertz CT molecular complexity index is 40.1. The summed E-state index contributed by atoms with van der Waals surface area (Å²) in [7, 11) is 0. The fourth-order valence-electron chi connectivity index (χ4n) is 0. The maximum absolute atomic E-state index is 8.50. The molecule has 0 aromatic rings. The van der Waals surface area contributed by atoms with Gasteiger partial charge in [0, 0.05) is 0 Å². The van der Waals surface area contributed by atoms with E-state index in [1.165, 1.54) is 0 Å².